The zero-order valence-electron chi connectivity index (χ0n) is 15.8. The van der Waals surface area contributed by atoms with Crippen LogP contribution in [0.15, 0.2) is 4.99 Å². The molecule has 1 rings (SSSR count). The largest absolute Gasteiger partial charge is 0.379 e. The molecule has 0 aromatic carbocycles. The number of nitrogens with zero attached hydrogens (tertiary/aromatic N) is 1. The Kier molecular flexibility index (Phi) is 11.9. The Labute approximate surface area is 152 Å². The summed E-state index contributed by atoms with van der Waals surface area (Å²) in [4.78, 5) is 4.52. The Balaban J connectivity index is 2.09. The molecule has 0 heterocycles. The Morgan fingerprint density at radius 2 is 1.88 bits per heavy atom. The van der Waals surface area contributed by atoms with Crippen molar-refractivity contribution < 1.29 is 17.9 Å². The summed E-state index contributed by atoms with van der Waals surface area (Å²) in [5.74, 6) is 0.814. The van der Waals surface area contributed by atoms with Crippen LogP contribution in [0.4, 0.5) is 0 Å². The fraction of sp³-hybridized carbons (Fsp3) is 0.941. The molecule has 0 saturated heterocycles. The van der Waals surface area contributed by atoms with E-state index < -0.39 is 9.84 Å². The normalized spacial score (nSPS) is 16.8. The summed E-state index contributed by atoms with van der Waals surface area (Å²) >= 11 is 0. The van der Waals surface area contributed by atoms with Gasteiger partial charge in [0.15, 0.2) is 5.96 Å². The van der Waals surface area contributed by atoms with E-state index in [0.29, 0.717) is 19.3 Å². The maximum Gasteiger partial charge on any atom is 0.191 e. The third-order valence-corrected chi connectivity index (χ3v) is 4.87. The van der Waals surface area contributed by atoms with Crippen LogP contribution in [0.5, 0.6) is 0 Å². The molecule has 0 aliphatic heterocycles. The van der Waals surface area contributed by atoms with Crippen LogP contribution in [0.2, 0.25) is 0 Å². The molecule has 0 amide bonds. The first kappa shape index (κ1) is 22.2. The highest BCUT2D eigenvalue weighted by Gasteiger charge is 2.12. The van der Waals surface area contributed by atoms with Gasteiger partial charge in [0.25, 0.3) is 0 Å². The molecule has 1 fully saturated rings. The highest BCUT2D eigenvalue weighted by Crippen LogP contribution is 2.20. The lowest BCUT2D eigenvalue weighted by molar-refractivity contribution is 0.0281. The lowest BCUT2D eigenvalue weighted by Gasteiger charge is -2.21. The summed E-state index contributed by atoms with van der Waals surface area (Å²) in [5, 5.41) is 6.37. The van der Waals surface area contributed by atoms with E-state index in [0.717, 1.165) is 32.1 Å². The molecule has 0 radical (unpaired) electrons. The van der Waals surface area contributed by atoms with E-state index in [1.165, 1.54) is 38.4 Å². The Hall–Kier alpha value is -0.860. The molecule has 0 bridgehead atoms. The van der Waals surface area contributed by atoms with Crippen LogP contribution in [0.25, 0.3) is 0 Å². The first-order valence-electron chi connectivity index (χ1n) is 9.40. The molecule has 148 valence electrons. The van der Waals surface area contributed by atoms with Crippen LogP contribution < -0.4 is 10.6 Å². The molecule has 1 aliphatic carbocycles. The average molecular weight is 378 g/mol. The third kappa shape index (κ3) is 13.1. The molecule has 0 atom stereocenters. The lowest BCUT2D eigenvalue weighted by Crippen LogP contribution is -2.39. The summed E-state index contributed by atoms with van der Waals surface area (Å²) in [5.41, 5.74) is 0. The van der Waals surface area contributed by atoms with Crippen LogP contribution >= 0.6 is 0 Å². The molecule has 0 unspecified atom stereocenters. The smallest absolute Gasteiger partial charge is 0.191 e. The second-order valence-corrected chi connectivity index (χ2v) is 8.67. The zero-order chi connectivity index (χ0) is 18.4. The zero-order valence-corrected chi connectivity index (χ0v) is 16.6. The van der Waals surface area contributed by atoms with Gasteiger partial charge in [0.2, 0.25) is 0 Å². The van der Waals surface area contributed by atoms with Crippen molar-refractivity contribution in [1.82, 2.24) is 10.6 Å². The molecule has 2 N–H and O–H groups in total. The molecule has 7 nitrogen and oxygen atoms in total. The minimum atomic E-state index is -2.96. The standard InChI is InChI=1S/C17H35N3O4S/c1-3-18-17(20-11-13-23-14-15-25(2,21)22)19-10-7-12-24-16-8-5-4-6-9-16/h16H,3-15H2,1-2H3,(H2,18,19,20). The van der Waals surface area contributed by atoms with Gasteiger partial charge >= 0.3 is 0 Å². The van der Waals surface area contributed by atoms with Gasteiger partial charge < -0.3 is 20.1 Å². The molecule has 8 heteroatoms. The molecular formula is C17H35N3O4S. The minimum Gasteiger partial charge on any atom is -0.379 e. The van der Waals surface area contributed by atoms with E-state index in [9.17, 15) is 8.42 Å². The number of hydrogen-bond donors (Lipinski definition) is 2. The second-order valence-electron chi connectivity index (χ2n) is 6.41. The summed E-state index contributed by atoms with van der Waals surface area (Å²) in [6, 6.07) is 0. The SMILES string of the molecule is CCNC(=NCCCOC1CCCCC1)NCCOCCS(C)(=O)=O. The van der Waals surface area contributed by atoms with E-state index >= 15 is 0 Å². The van der Waals surface area contributed by atoms with Gasteiger partial charge in [-0.2, -0.15) is 0 Å². The van der Waals surface area contributed by atoms with Gasteiger partial charge in [0.1, 0.15) is 9.84 Å². The van der Waals surface area contributed by atoms with Crippen molar-refractivity contribution in [3.63, 3.8) is 0 Å². The predicted octanol–water partition coefficient (Wildman–Crippen LogP) is 1.34. The second kappa shape index (κ2) is 13.4. The van der Waals surface area contributed by atoms with Gasteiger partial charge in [-0.25, -0.2) is 8.42 Å². The topological polar surface area (TPSA) is 89.0 Å². The summed E-state index contributed by atoms with van der Waals surface area (Å²) in [6.45, 7) is 5.57. The number of rotatable bonds is 12. The van der Waals surface area contributed by atoms with Crippen LogP contribution in [-0.2, 0) is 19.3 Å². The molecule has 0 spiro atoms. The van der Waals surface area contributed by atoms with Gasteiger partial charge in [0.05, 0.1) is 25.1 Å². The van der Waals surface area contributed by atoms with E-state index in [4.69, 9.17) is 9.47 Å². The maximum atomic E-state index is 11.0. The van der Waals surface area contributed by atoms with Crippen molar-refractivity contribution in [2.75, 3.05) is 51.5 Å². The van der Waals surface area contributed by atoms with Crippen LogP contribution in [0.3, 0.4) is 0 Å². The van der Waals surface area contributed by atoms with Crippen LogP contribution in [0, 0.1) is 0 Å². The monoisotopic (exact) mass is 377 g/mol. The molecular weight excluding hydrogens is 342 g/mol. The van der Waals surface area contributed by atoms with Crippen molar-refractivity contribution in [3.8, 4) is 0 Å². The van der Waals surface area contributed by atoms with Gasteiger partial charge in [-0.3, -0.25) is 4.99 Å². The van der Waals surface area contributed by atoms with Gasteiger partial charge in [0, 0.05) is 32.5 Å². The number of nitrogens with one attached hydrogen (secondary N) is 2. The fourth-order valence-electron chi connectivity index (χ4n) is 2.63. The summed E-state index contributed by atoms with van der Waals surface area (Å²) in [6.07, 6.45) is 8.92. The van der Waals surface area contributed by atoms with E-state index in [2.05, 4.69) is 15.6 Å². The molecule has 25 heavy (non-hydrogen) atoms. The van der Waals surface area contributed by atoms with E-state index in [1.54, 1.807) is 0 Å². The molecule has 0 aromatic heterocycles. The summed E-state index contributed by atoms with van der Waals surface area (Å²) < 4.78 is 33.2. The van der Waals surface area contributed by atoms with Crippen molar-refractivity contribution in [1.29, 1.82) is 0 Å². The van der Waals surface area contributed by atoms with Gasteiger partial charge in [-0.15, -0.1) is 0 Å². The van der Waals surface area contributed by atoms with Crippen molar-refractivity contribution in [2.45, 2.75) is 51.6 Å². The van der Waals surface area contributed by atoms with Crippen molar-refractivity contribution >= 4 is 15.8 Å². The summed E-state index contributed by atoms with van der Waals surface area (Å²) in [7, 11) is -2.96. The van der Waals surface area contributed by atoms with Crippen molar-refractivity contribution in [2.24, 2.45) is 4.99 Å². The van der Waals surface area contributed by atoms with Gasteiger partial charge in [-0.1, -0.05) is 19.3 Å². The molecule has 0 aromatic rings. The minimum absolute atomic E-state index is 0.0577. The lowest BCUT2D eigenvalue weighted by atomic mass is 9.98. The Morgan fingerprint density at radius 1 is 1.12 bits per heavy atom. The van der Waals surface area contributed by atoms with E-state index in [-0.39, 0.29) is 12.4 Å². The van der Waals surface area contributed by atoms with Gasteiger partial charge in [-0.05, 0) is 26.2 Å². The number of ether oxygens (including phenoxy) is 2. The Bertz CT molecular complexity index is 463. The van der Waals surface area contributed by atoms with Crippen LogP contribution in [0.1, 0.15) is 45.4 Å². The predicted molar refractivity (Wildman–Crippen MR) is 102 cm³/mol. The van der Waals surface area contributed by atoms with Crippen LogP contribution in [-0.4, -0.2) is 71.9 Å². The number of hydrogen-bond acceptors (Lipinski definition) is 5. The van der Waals surface area contributed by atoms with Crippen molar-refractivity contribution in [3.05, 3.63) is 0 Å². The molecule has 1 aliphatic rings. The first-order chi connectivity index (χ1) is 12.0. The average Bonchev–Trinajstić information content (AvgIpc) is 2.57. The molecule has 1 saturated carbocycles. The van der Waals surface area contributed by atoms with E-state index in [1.807, 2.05) is 6.92 Å². The number of aliphatic imine (C=N–C) groups is 1. The third-order valence-electron chi connectivity index (χ3n) is 3.96. The number of guanidine groups is 1. The highest BCUT2D eigenvalue weighted by atomic mass is 32.2. The number of sulfone groups is 1. The quantitative estimate of drug-likeness (QED) is 0.303. The Morgan fingerprint density at radius 3 is 2.56 bits per heavy atom. The fourth-order valence-corrected chi connectivity index (χ4v) is 3.05. The first-order valence-corrected chi connectivity index (χ1v) is 11.5. The highest BCUT2D eigenvalue weighted by molar-refractivity contribution is 7.90. The maximum absolute atomic E-state index is 11.0.